The molecule has 0 spiro atoms. The lowest BCUT2D eigenvalue weighted by Crippen LogP contribution is -2.47. The zero-order valence-electron chi connectivity index (χ0n) is 19.2. The van der Waals surface area contributed by atoms with Crippen molar-refractivity contribution in [1.29, 1.82) is 0 Å². The number of rotatable bonds is 7. The summed E-state index contributed by atoms with van der Waals surface area (Å²) in [4.78, 5) is 18.9. The third kappa shape index (κ3) is 5.03. The summed E-state index contributed by atoms with van der Waals surface area (Å²) in [5.41, 5.74) is 4.46. The van der Waals surface area contributed by atoms with Crippen molar-refractivity contribution in [2.75, 3.05) is 69.0 Å². The first-order valence-electron chi connectivity index (χ1n) is 10.8. The summed E-state index contributed by atoms with van der Waals surface area (Å²) in [6, 6.07) is 8.72. The Morgan fingerprint density at radius 1 is 1.10 bits per heavy atom. The molecule has 6 nitrogen and oxygen atoms in total. The number of methoxy groups -OCH3 is 1. The minimum atomic E-state index is -0.269. The summed E-state index contributed by atoms with van der Waals surface area (Å²) < 4.78 is 19.3. The Balaban J connectivity index is 1.89. The number of piperazine rings is 1. The molecule has 0 aliphatic carbocycles. The second-order valence-electron chi connectivity index (χ2n) is 8.12. The molecule has 0 radical (unpaired) electrons. The van der Waals surface area contributed by atoms with Gasteiger partial charge in [0.15, 0.2) is 0 Å². The molecule has 1 N–H and O–H groups in total. The molecule has 1 saturated heterocycles. The minimum absolute atomic E-state index is 0.00770. The number of ether oxygens (including phenoxy) is 1. The Morgan fingerprint density at radius 3 is 2.32 bits per heavy atom. The van der Waals surface area contributed by atoms with E-state index < -0.39 is 0 Å². The van der Waals surface area contributed by atoms with E-state index in [-0.39, 0.29) is 11.7 Å². The van der Waals surface area contributed by atoms with E-state index in [1.165, 1.54) is 12.1 Å². The highest BCUT2D eigenvalue weighted by atomic mass is 19.1. The van der Waals surface area contributed by atoms with E-state index >= 15 is 0 Å². The Morgan fingerprint density at radius 2 is 1.74 bits per heavy atom. The van der Waals surface area contributed by atoms with Crippen LogP contribution in [-0.4, -0.2) is 64.7 Å². The van der Waals surface area contributed by atoms with Crippen molar-refractivity contribution < 1.29 is 13.9 Å². The van der Waals surface area contributed by atoms with Crippen LogP contribution in [0, 0.1) is 12.7 Å². The highest BCUT2D eigenvalue weighted by molar-refractivity contribution is 6.02. The van der Waals surface area contributed by atoms with Crippen molar-refractivity contribution in [2.45, 2.75) is 20.3 Å². The molecule has 0 atom stereocenters. The van der Waals surface area contributed by atoms with Crippen LogP contribution in [0.3, 0.4) is 0 Å². The molecule has 1 aliphatic rings. The number of hydrogen-bond acceptors (Lipinski definition) is 5. The molecule has 1 heterocycles. The van der Waals surface area contributed by atoms with E-state index in [4.69, 9.17) is 4.74 Å². The average molecular weight is 429 g/mol. The van der Waals surface area contributed by atoms with Crippen molar-refractivity contribution in [1.82, 2.24) is 4.90 Å². The van der Waals surface area contributed by atoms with E-state index in [1.807, 2.05) is 13.0 Å². The molecule has 2 aromatic carbocycles. The topological polar surface area (TPSA) is 48.1 Å². The lowest BCUT2D eigenvalue weighted by Gasteiger charge is -2.39. The molecule has 2 aromatic rings. The Labute approximate surface area is 184 Å². The SMILES string of the molecule is CCCNc1c(C(=O)N(C)C)cc(C)cc1N1CCN(c2cc(F)ccc2OC)CC1. The van der Waals surface area contributed by atoms with Gasteiger partial charge in [0, 0.05) is 52.9 Å². The normalized spacial score (nSPS) is 13.9. The fraction of sp³-hybridized carbons (Fsp3) is 0.458. The summed E-state index contributed by atoms with van der Waals surface area (Å²) in [5, 5.41) is 3.49. The molecule has 0 aromatic heterocycles. The van der Waals surface area contributed by atoms with Gasteiger partial charge in [0.1, 0.15) is 11.6 Å². The molecule has 0 unspecified atom stereocenters. The third-order valence-corrected chi connectivity index (χ3v) is 5.55. The number of carbonyl (C=O) groups is 1. The first-order chi connectivity index (χ1) is 14.8. The van der Waals surface area contributed by atoms with Gasteiger partial charge in [-0.3, -0.25) is 4.79 Å². The van der Waals surface area contributed by atoms with Gasteiger partial charge in [0.2, 0.25) is 0 Å². The zero-order chi connectivity index (χ0) is 22.5. The fourth-order valence-corrected chi connectivity index (χ4v) is 3.96. The van der Waals surface area contributed by atoms with Gasteiger partial charge in [0.25, 0.3) is 5.91 Å². The summed E-state index contributed by atoms with van der Waals surface area (Å²) in [6.07, 6.45) is 0.968. The third-order valence-electron chi connectivity index (χ3n) is 5.55. The van der Waals surface area contributed by atoms with Crippen molar-refractivity contribution in [3.05, 3.63) is 47.3 Å². The van der Waals surface area contributed by atoms with Gasteiger partial charge in [-0.25, -0.2) is 4.39 Å². The standard InChI is InChI=1S/C24H33FN4O2/c1-6-9-26-23-19(24(30)27(3)4)14-17(2)15-21(23)29-12-10-28(11-13-29)20-16-18(25)7-8-22(20)31-5/h7-8,14-16,26H,6,9-13H2,1-5H3. The first-order valence-corrected chi connectivity index (χ1v) is 10.8. The number of hydrogen-bond donors (Lipinski definition) is 1. The van der Waals surface area contributed by atoms with Crippen LogP contribution in [-0.2, 0) is 0 Å². The largest absolute Gasteiger partial charge is 0.495 e. The molecule has 0 bridgehead atoms. The zero-order valence-corrected chi connectivity index (χ0v) is 19.2. The highest BCUT2D eigenvalue weighted by Crippen LogP contribution is 2.35. The molecule has 3 rings (SSSR count). The molecule has 31 heavy (non-hydrogen) atoms. The summed E-state index contributed by atoms with van der Waals surface area (Å²) in [6.45, 7) is 7.92. The van der Waals surface area contributed by atoms with Gasteiger partial charge in [-0.05, 0) is 43.2 Å². The van der Waals surface area contributed by atoms with Crippen LogP contribution in [0.5, 0.6) is 5.75 Å². The molecule has 7 heteroatoms. The summed E-state index contributed by atoms with van der Waals surface area (Å²) in [7, 11) is 5.16. The van der Waals surface area contributed by atoms with Crippen LogP contribution in [0.4, 0.5) is 21.5 Å². The van der Waals surface area contributed by atoms with Gasteiger partial charge >= 0.3 is 0 Å². The second-order valence-corrected chi connectivity index (χ2v) is 8.12. The number of halogens is 1. The van der Waals surface area contributed by atoms with Gasteiger partial charge in [0.05, 0.1) is 29.7 Å². The van der Waals surface area contributed by atoms with Gasteiger partial charge in [-0.15, -0.1) is 0 Å². The van der Waals surface area contributed by atoms with Crippen LogP contribution in [0.2, 0.25) is 0 Å². The number of carbonyl (C=O) groups excluding carboxylic acids is 1. The monoisotopic (exact) mass is 428 g/mol. The van der Waals surface area contributed by atoms with Crippen LogP contribution in [0.15, 0.2) is 30.3 Å². The summed E-state index contributed by atoms with van der Waals surface area (Å²) in [5.74, 6) is 0.399. The smallest absolute Gasteiger partial charge is 0.255 e. The van der Waals surface area contributed by atoms with Gasteiger partial charge in [-0.1, -0.05) is 6.92 Å². The number of benzene rings is 2. The minimum Gasteiger partial charge on any atom is -0.495 e. The van der Waals surface area contributed by atoms with Crippen molar-refractivity contribution >= 4 is 23.0 Å². The maximum atomic E-state index is 13.8. The predicted octanol–water partition coefficient (Wildman–Crippen LogP) is 3.99. The molecular weight excluding hydrogens is 395 g/mol. The maximum absolute atomic E-state index is 13.8. The molecule has 168 valence electrons. The number of anilines is 3. The van der Waals surface area contributed by atoms with E-state index in [2.05, 4.69) is 28.1 Å². The Kier molecular flexibility index (Phi) is 7.25. The van der Waals surface area contributed by atoms with Crippen molar-refractivity contribution in [3.8, 4) is 5.75 Å². The Bertz CT molecular complexity index is 924. The molecule has 0 saturated carbocycles. The average Bonchev–Trinajstić information content (AvgIpc) is 2.77. The van der Waals surface area contributed by atoms with E-state index in [0.29, 0.717) is 11.3 Å². The fourth-order valence-electron chi connectivity index (χ4n) is 3.96. The predicted molar refractivity (Wildman–Crippen MR) is 125 cm³/mol. The van der Waals surface area contributed by atoms with Crippen molar-refractivity contribution in [3.63, 3.8) is 0 Å². The number of aryl methyl sites for hydroxylation is 1. The highest BCUT2D eigenvalue weighted by Gasteiger charge is 2.25. The van der Waals surface area contributed by atoms with Crippen molar-refractivity contribution in [2.24, 2.45) is 0 Å². The first kappa shape index (κ1) is 22.7. The summed E-state index contributed by atoms with van der Waals surface area (Å²) >= 11 is 0. The number of nitrogens with one attached hydrogen (secondary N) is 1. The molecule has 1 amide bonds. The second kappa shape index (κ2) is 9.90. The lowest BCUT2D eigenvalue weighted by molar-refractivity contribution is 0.0828. The van der Waals surface area contributed by atoms with E-state index in [0.717, 1.165) is 61.8 Å². The van der Waals surface area contributed by atoms with Crippen LogP contribution < -0.4 is 19.9 Å². The van der Waals surface area contributed by atoms with E-state index in [1.54, 1.807) is 32.2 Å². The quantitative estimate of drug-likeness (QED) is 0.723. The molecule has 1 fully saturated rings. The maximum Gasteiger partial charge on any atom is 0.255 e. The van der Waals surface area contributed by atoms with Crippen LogP contribution in [0.1, 0.15) is 29.3 Å². The van der Waals surface area contributed by atoms with E-state index in [9.17, 15) is 9.18 Å². The molecular formula is C24H33FN4O2. The van der Waals surface area contributed by atoms with Crippen LogP contribution >= 0.6 is 0 Å². The van der Waals surface area contributed by atoms with Gasteiger partial charge in [-0.2, -0.15) is 0 Å². The Hall–Kier alpha value is -2.96. The van der Waals surface area contributed by atoms with Crippen LogP contribution in [0.25, 0.3) is 0 Å². The number of amides is 1. The lowest BCUT2D eigenvalue weighted by atomic mass is 10.0. The van der Waals surface area contributed by atoms with Gasteiger partial charge < -0.3 is 24.8 Å². The molecule has 1 aliphatic heterocycles. The number of nitrogens with zero attached hydrogens (tertiary/aromatic N) is 3.